The largest absolute Gasteiger partial charge is 0.309 e. The average molecular weight is 769 g/mol. The SMILES string of the molecule is Cc1ccc(-c2ccc3c(c2)c2cc4c5ccccc5c5ccc(-c6cccc7ccsc67)cc5c4cc2n3-c2cc(-c3ccccc3)nc(-c3ccccc3)c2)cc1. The van der Waals surface area contributed by atoms with E-state index in [1.165, 1.54) is 86.5 Å². The van der Waals surface area contributed by atoms with E-state index in [0.717, 1.165) is 33.7 Å². The summed E-state index contributed by atoms with van der Waals surface area (Å²) in [5.41, 5.74) is 13.7. The molecule has 0 fully saturated rings. The first-order chi connectivity index (χ1) is 29.1. The van der Waals surface area contributed by atoms with Crippen LogP contribution < -0.4 is 0 Å². The van der Waals surface area contributed by atoms with Crippen LogP contribution in [0.3, 0.4) is 0 Å². The zero-order valence-corrected chi connectivity index (χ0v) is 33.2. The van der Waals surface area contributed by atoms with Gasteiger partial charge in [-0.3, -0.25) is 0 Å². The second kappa shape index (κ2) is 13.4. The molecule has 0 N–H and O–H groups in total. The molecule has 0 saturated heterocycles. The van der Waals surface area contributed by atoms with Crippen molar-refractivity contribution in [3.8, 4) is 50.5 Å². The van der Waals surface area contributed by atoms with Gasteiger partial charge in [0.15, 0.2) is 0 Å². The molecule has 3 aromatic heterocycles. The highest BCUT2D eigenvalue weighted by Crippen LogP contribution is 2.44. The summed E-state index contributed by atoms with van der Waals surface area (Å²) in [6.45, 7) is 2.15. The predicted octanol–water partition coefficient (Wildman–Crippen LogP) is 15.8. The molecule has 0 bridgehead atoms. The normalized spacial score (nSPS) is 11.8. The summed E-state index contributed by atoms with van der Waals surface area (Å²) in [6, 6.07) is 71.3. The Bertz CT molecular complexity index is 3540. The van der Waals surface area contributed by atoms with Crippen molar-refractivity contribution >= 4 is 75.5 Å². The van der Waals surface area contributed by atoms with Crippen molar-refractivity contribution in [3.05, 3.63) is 205 Å². The number of aryl methyl sites for hydroxylation is 1. The second-order valence-corrected chi connectivity index (χ2v) is 16.5. The van der Waals surface area contributed by atoms with Crippen LogP contribution in [0.4, 0.5) is 0 Å². The standard InChI is InChI=1S/C56H36N2S/c1-35-19-21-36(22-20-35)40-24-26-54-50(29-40)51-33-48-45-17-9-8-16-44(45)46-25-23-41(43-18-10-15-39-27-28-59-56(39)43)30-47(46)49(48)34-55(51)58(54)42-31-52(37-11-4-2-5-12-37)57-53(32-42)38-13-6-3-7-14-38/h2-34H,1H3. The molecule has 0 radical (unpaired) electrons. The molecule has 0 aliphatic rings. The van der Waals surface area contributed by atoms with Crippen LogP contribution in [-0.2, 0) is 0 Å². The molecule has 12 rings (SSSR count). The van der Waals surface area contributed by atoms with Crippen LogP contribution in [-0.4, -0.2) is 9.55 Å². The third-order valence-electron chi connectivity index (χ3n) is 12.1. The number of rotatable bonds is 5. The number of fused-ring (bicyclic) bond motifs is 10. The number of hydrogen-bond donors (Lipinski definition) is 0. The third kappa shape index (κ3) is 5.50. The first-order valence-electron chi connectivity index (χ1n) is 20.2. The van der Waals surface area contributed by atoms with Crippen molar-refractivity contribution < 1.29 is 0 Å². The fourth-order valence-corrected chi connectivity index (χ4v) is 10.2. The van der Waals surface area contributed by atoms with Gasteiger partial charge < -0.3 is 4.57 Å². The molecule has 12 aromatic rings. The van der Waals surface area contributed by atoms with Gasteiger partial charge in [0.25, 0.3) is 0 Å². The van der Waals surface area contributed by atoms with Gasteiger partial charge in [-0.15, -0.1) is 11.3 Å². The van der Waals surface area contributed by atoms with Gasteiger partial charge >= 0.3 is 0 Å². The Balaban J connectivity index is 1.21. The lowest BCUT2D eigenvalue weighted by atomic mass is 9.91. The molecule has 0 saturated carbocycles. The number of aromatic nitrogens is 2. The van der Waals surface area contributed by atoms with Gasteiger partial charge in [-0.05, 0) is 121 Å². The minimum absolute atomic E-state index is 0.942. The Kier molecular flexibility index (Phi) is 7.66. The minimum Gasteiger partial charge on any atom is -0.309 e. The van der Waals surface area contributed by atoms with E-state index >= 15 is 0 Å². The second-order valence-electron chi connectivity index (χ2n) is 15.6. The Labute approximate surface area is 345 Å². The van der Waals surface area contributed by atoms with Gasteiger partial charge in [-0.2, -0.15) is 0 Å². The highest BCUT2D eigenvalue weighted by atomic mass is 32.1. The van der Waals surface area contributed by atoms with Crippen LogP contribution >= 0.6 is 11.3 Å². The van der Waals surface area contributed by atoms with E-state index in [-0.39, 0.29) is 0 Å². The van der Waals surface area contributed by atoms with Crippen LogP contribution in [0.1, 0.15) is 5.56 Å². The molecule has 59 heavy (non-hydrogen) atoms. The molecule has 276 valence electrons. The summed E-state index contributed by atoms with van der Waals surface area (Å²) in [4.78, 5) is 5.27. The maximum Gasteiger partial charge on any atom is 0.0730 e. The van der Waals surface area contributed by atoms with Crippen LogP contribution in [0.15, 0.2) is 200 Å². The van der Waals surface area contributed by atoms with Crippen molar-refractivity contribution in [1.82, 2.24) is 9.55 Å². The van der Waals surface area contributed by atoms with Crippen molar-refractivity contribution in [2.75, 3.05) is 0 Å². The topological polar surface area (TPSA) is 17.8 Å². The summed E-state index contributed by atoms with van der Waals surface area (Å²) in [7, 11) is 0. The lowest BCUT2D eigenvalue weighted by molar-refractivity contribution is 1.16. The van der Waals surface area contributed by atoms with E-state index in [4.69, 9.17) is 4.98 Å². The number of nitrogens with zero attached hydrogens (tertiary/aromatic N) is 2. The Morgan fingerprint density at radius 3 is 1.73 bits per heavy atom. The maximum absolute atomic E-state index is 5.27. The molecular weight excluding hydrogens is 733 g/mol. The summed E-state index contributed by atoms with van der Waals surface area (Å²) in [6.07, 6.45) is 0. The van der Waals surface area contributed by atoms with Gasteiger partial charge in [0.05, 0.1) is 28.1 Å². The molecule has 2 nitrogen and oxygen atoms in total. The number of thiophene rings is 1. The van der Waals surface area contributed by atoms with Crippen LogP contribution in [0.2, 0.25) is 0 Å². The highest BCUT2D eigenvalue weighted by Gasteiger charge is 2.20. The van der Waals surface area contributed by atoms with Crippen molar-refractivity contribution in [1.29, 1.82) is 0 Å². The number of hydrogen-bond acceptors (Lipinski definition) is 2. The van der Waals surface area contributed by atoms with Crippen LogP contribution in [0.5, 0.6) is 0 Å². The van der Waals surface area contributed by atoms with Gasteiger partial charge in [0, 0.05) is 26.6 Å². The molecule has 3 heteroatoms. The molecule has 0 unspecified atom stereocenters. The zero-order valence-electron chi connectivity index (χ0n) is 32.4. The van der Waals surface area contributed by atoms with Gasteiger partial charge in [-0.25, -0.2) is 4.98 Å². The van der Waals surface area contributed by atoms with E-state index in [0.29, 0.717) is 0 Å². The molecule has 0 spiro atoms. The minimum atomic E-state index is 0.942. The molecule has 0 atom stereocenters. The monoisotopic (exact) mass is 768 g/mol. The Morgan fingerprint density at radius 2 is 0.983 bits per heavy atom. The molecular formula is C56H36N2S. The predicted molar refractivity (Wildman–Crippen MR) is 253 cm³/mol. The lowest BCUT2D eigenvalue weighted by Gasteiger charge is -2.15. The van der Waals surface area contributed by atoms with Crippen LogP contribution in [0.25, 0.3) is 115 Å². The summed E-state index contributed by atoms with van der Waals surface area (Å²) >= 11 is 1.81. The van der Waals surface area contributed by atoms with E-state index in [2.05, 4.69) is 211 Å². The number of benzene rings is 9. The molecule has 3 heterocycles. The van der Waals surface area contributed by atoms with Gasteiger partial charge in [0.1, 0.15) is 0 Å². The summed E-state index contributed by atoms with van der Waals surface area (Å²) < 4.78 is 3.80. The van der Waals surface area contributed by atoms with E-state index in [9.17, 15) is 0 Å². The Morgan fingerprint density at radius 1 is 0.390 bits per heavy atom. The van der Waals surface area contributed by atoms with Gasteiger partial charge in [0.2, 0.25) is 0 Å². The smallest absolute Gasteiger partial charge is 0.0730 e. The Hall–Kier alpha value is -7.33. The maximum atomic E-state index is 5.27. The summed E-state index contributed by atoms with van der Waals surface area (Å²) in [5.74, 6) is 0. The van der Waals surface area contributed by atoms with Crippen molar-refractivity contribution in [3.63, 3.8) is 0 Å². The average Bonchev–Trinajstić information content (AvgIpc) is 3.92. The molecule has 0 aliphatic carbocycles. The first kappa shape index (κ1) is 33.8. The van der Waals surface area contributed by atoms with E-state index < -0.39 is 0 Å². The zero-order chi connectivity index (χ0) is 39.0. The fourth-order valence-electron chi connectivity index (χ4n) is 9.22. The quantitative estimate of drug-likeness (QED) is 0.159. The molecule has 0 aliphatic heterocycles. The summed E-state index contributed by atoms with van der Waals surface area (Å²) in [5, 5.41) is 13.5. The van der Waals surface area contributed by atoms with E-state index in [1.807, 2.05) is 11.3 Å². The van der Waals surface area contributed by atoms with Gasteiger partial charge in [-0.1, -0.05) is 151 Å². The molecule has 9 aromatic carbocycles. The van der Waals surface area contributed by atoms with Crippen LogP contribution in [0, 0.1) is 6.92 Å². The fraction of sp³-hybridized carbons (Fsp3) is 0.0179. The highest BCUT2D eigenvalue weighted by molar-refractivity contribution is 7.17. The molecule has 0 amide bonds. The lowest BCUT2D eigenvalue weighted by Crippen LogP contribution is -1.98. The van der Waals surface area contributed by atoms with Crippen molar-refractivity contribution in [2.24, 2.45) is 0 Å². The third-order valence-corrected chi connectivity index (χ3v) is 13.1. The first-order valence-corrected chi connectivity index (χ1v) is 21.1. The number of pyridine rings is 1. The van der Waals surface area contributed by atoms with E-state index in [1.54, 1.807) is 0 Å². The van der Waals surface area contributed by atoms with Crippen molar-refractivity contribution in [2.45, 2.75) is 6.92 Å².